The number of nitrogens with one attached hydrogen (secondary N) is 1. The fourth-order valence-corrected chi connectivity index (χ4v) is 2.94. The van der Waals surface area contributed by atoms with Crippen LogP contribution in [-0.2, 0) is 9.84 Å². The van der Waals surface area contributed by atoms with Gasteiger partial charge >= 0.3 is 0 Å². The van der Waals surface area contributed by atoms with Crippen LogP contribution in [0.15, 0.2) is 24.3 Å². The summed E-state index contributed by atoms with van der Waals surface area (Å²) in [6.07, 6.45) is 0. The zero-order chi connectivity index (χ0) is 14.5. The molecule has 1 unspecified atom stereocenters. The van der Waals surface area contributed by atoms with Crippen LogP contribution in [-0.4, -0.2) is 33.1 Å². The van der Waals surface area contributed by atoms with E-state index in [1.54, 1.807) is 21.0 Å². The first-order valence-electron chi connectivity index (χ1n) is 6.49. The molecule has 108 valence electrons. The van der Waals surface area contributed by atoms with E-state index in [4.69, 9.17) is 4.74 Å². The molecule has 4 nitrogen and oxygen atoms in total. The van der Waals surface area contributed by atoms with E-state index in [2.05, 4.69) is 5.32 Å². The molecular weight excluding hydrogens is 262 g/mol. The van der Waals surface area contributed by atoms with Crippen LogP contribution in [0.5, 0.6) is 5.75 Å². The lowest BCUT2D eigenvalue weighted by Crippen LogP contribution is -2.31. The molecule has 0 saturated heterocycles. The minimum atomic E-state index is -3.08. The SMILES string of the molecule is CCNC(CS(=O)(=O)C(C)C)c1ccc(OC)cc1. The molecule has 0 spiro atoms. The zero-order valence-electron chi connectivity index (χ0n) is 12.0. The average Bonchev–Trinajstić information content (AvgIpc) is 2.38. The van der Waals surface area contributed by atoms with Crippen LogP contribution in [0.2, 0.25) is 0 Å². The van der Waals surface area contributed by atoms with E-state index in [0.29, 0.717) is 0 Å². The molecule has 0 fully saturated rings. The second-order valence-electron chi connectivity index (χ2n) is 4.76. The van der Waals surface area contributed by atoms with Crippen LogP contribution in [0.3, 0.4) is 0 Å². The lowest BCUT2D eigenvalue weighted by molar-refractivity contribution is 0.414. The Kier molecular flexibility index (Phi) is 5.82. The van der Waals surface area contributed by atoms with Gasteiger partial charge in [-0.25, -0.2) is 8.42 Å². The van der Waals surface area contributed by atoms with E-state index in [1.165, 1.54) is 0 Å². The summed E-state index contributed by atoms with van der Waals surface area (Å²) < 4.78 is 29.2. The molecule has 0 radical (unpaired) electrons. The van der Waals surface area contributed by atoms with Gasteiger partial charge in [-0.05, 0) is 38.1 Å². The highest BCUT2D eigenvalue weighted by Crippen LogP contribution is 2.20. The number of hydrogen-bond donors (Lipinski definition) is 1. The van der Waals surface area contributed by atoms with Crippen molar-refractivity contribution >= 4 is 9.84 Å². The van der Waals surface area contributed by atoms with Crippen molar-refractivity contribution in [2.45, 2.75) is 32.1 Å². The number of methoxy groups -OCH3 is 1. The van der Waals surface area contributed by atoms with E-state index in [-0.39, 0.29) is 17.0 Å². The van der Waals surface area contributed by atoms with E-state index >= 15 is 0 Å². The van der Waals surface area contributed by atoms with Gasteiger partial charge in [-0.15, -0.1) is 0 Å². The predicted molar refractivity (Wildman–Crippen MR) is 78.3 cm³/mol. The number of sulfone groups is 1. The van der Waals surface area contributed by atoms with Crippen molar-refractivity contribution < 1.29 is 13.2 Å². The third kappa shape index (κ3) is 4.51. The van der Waals surface area contributed by atoms with Crippen molar-refractivity contribution in [2.24, 2.45) is 0 Å². The van der Waals surface area contributed by atoms with Crippen molar-refractivity contribution in [1.29, 1.82) is 0 Å². The Morgan fingerprint density at radius 1 is 1.21 bits per heavy atom. The summed E-state index contributed by atoms with van der Waals surface area (Å²) in [5, 5.41) is 2.87. The van der Waals surface area contributed by atoms with Crippen LogP contribution < -0.4 is 10.1 Å². The highest BCUT2D eigenvalue weighted by molar-refractivity contribution is 7.92. The molecule has 0 aliphatic carbocycles. The van der Waals surface area contributed by atoms with Crippen LogP contribution in [0, 0.1) is 0 Å². The van der Waals surface area contributed by atoms with Gasteiger partial charge < -0.3 is 10.1 Å². The molecule has 1 atom stereocenters. The Labute approximate surface area is 116 Å². The van der Waals surface area contributed by atoms with Crippen LogP contribution in [0.4, 0.5) is 0 Å². The normalized spacial score (nSPS) is 13.5. The topological polar surface area (TPSA) is 55.4 Å². The van der Waals surface area contributed by atoms with Gasteiger partial charge in [0.2, 0.25) is 0 Å². The van der Waals surface area contributed by atoms with Crippen molar-refractivity contribution in [3.63, 3.8) is 0 Å². The maximum Gasteiger partial charge on any atom is 0.154 e. The molecule has 0 aliphatic heterocycles. The summed E-state index contributed by atoms with van der Waals surface area (Å²) in [7, 11) is -1.47. The maximum absolute atomic E-state index is 12.0. The quantitative estimate of drug-likeness (QED) is 0.834. The molecule has 0 heterocycles. The molecule has 0 saturated carbocycles. The Bertz CT molecular complexity index is 480. The first-order chi connectivity index (χ1) is 8.90. The lowest BCUT2D eigenvalue weighted by Gasteiger charge is -2.20. The number of benzene rings is 1. The number of rotatable bonds is 7. The predicted octanol–water partition coefficient (Wildman–Crippen LogP) is 2.17. The van der Waals surface area contributed by atoms with Gasteiger partial charge in [0.05, 0.1) is 18.1 Å². The smallest absolute Gasteiger partial charge is 0.154 e. The van der Waals surface area contributed by atoms with E-state index in [9.17, 15) is 8.42 Å². The Morgan fingerprint density at radius 3 is 2.21 bits per heavy atom. The molecule has 0 aromatic heterocycles. The molecule has 0 amide bonds. The summed E-state index contributed by atoms with van der Waals surface area (Å²) in [6, 6.07) is 7.33. The Hall–Kier alpha value is -1.07. The number of ether oxygens (including phenoxy) is 1. The molecule has 0 bridgehead atoms. The van der Waals surface area contributed by atoms with Crippen molar-refractivity contribution in [1.82, 2.24) is 5.32 Å². The molecule has 1 aromatic carbocycles. The molecule has 0 aliphatic rings. The Morgan fingerprint density at radius 2 is 1.79 bits per heavy atom. The minimum absolute atomic E-state index is 0.116. The lowest BCUT2D eigenvalue weighted by atomic mass is 10.1. The van der Waals surface area contributed by atoms with E-state index < -0.39 is 9.84 Å². The largest absolute Gasteiger partial charge is 0.497 e. The standard InChI is InChI=1S/C14H23NO3S/c1-5-15-14(10-19(16,17)11(2)3)12-6-8-13(18-4)9-7-12/h6-9,11,14-15H,5,10H2,1-4H3. The molecule has 1 rings (SSSR count). The van der Waals surface area contributed by atoms with Crippen LogP contribution >= 0.6 is 0 Å². The third-order valence-electron chi connectivity index (χ3n) is 3.09. The highest BCUT2D eigenvalue weighted by Gasteiger charge is 2.23. The summed E-state index contributed by atoms with van der Waals surface area (Å²) in [4.78, 5) is 0. The molecule has 1 N–H and O–H groups in total. The monoisotopic (exact) mass is 285 g/mol. The van der Waals surface area contributed by atoms with Crippen molar-refractivity contribution in [3.05, 3.63) is 29.8 Å². The zero-order valence-corrected chi connectivity index (χ0v) is 12.8. The van der Waals surface area contributed by atoms with E-state index in [0.717, 1.165) is 17.9 Å². The second-order valence-corrected chi connectivity index (χ2v) is 7.36. The summed E-state index contributed by atoms with van der Waals surface area (Å²) in [6.45, 7) is 6.13. The van der Waals surface area contributed by atoms with Gasteiger partial charge in [0.25, 0.3) is 0 Å². The summed E-state index contributed by atoms with van der Waals surface area (Å²) in [5.41, 5.74) is 0.965. The second kappa shape index (κ2) is 6.91. The van der Waals surface area contributed by atoms with E-state index in [1.807, 2.05) is 31.2 Å². The maximum atomic E-state index is 12.0. The van der Waals surface area contributed by atoms with Crippen LogP contribution in [0.25, 0.3) is 0 Å². The van der Waals surface area contributed by atoms with Gasteiger partial charge in [0, 0.05) is 6.04 Å². The van der Waals surface area contributed by atoms with Gasteiger partial charge in [-0.1, -0.05) is 19.1 Å². The van der Waals surface area contributed by atoms with Gasteiger partial charge in [0.1, 0.15) is 5.75 Å². The molecular formula is C14H23NO3S. The minimum Gasteiger partial charge on any atom is -0.497 e. The van der Waals surface area contributed by atoms with Crippen molar-refractivity contribution in [3.8, 4) is 5.75 Å². The fraction of sp³-hybridized carbons (Fsp3) is 0.571. The third-order valence-corrected chi connectivity index (χ3v) is 5.32. The van der Waals surface area contributed by atoms with Gasteiger partial charge in [-0.3, -0.25) is 0 Å². The van der Waals surface area contributed by atoms with Crippen molar-refractivity contribution in [2.75, 3.05) is 19.4 Å². The average molecular weight is 285 g/mol. The Balaban J connectivity index is 2.93. The molecule has 19 heavy (non-hydrogen) atoms. The molecule has 1 aromatic rings. The fourth-order valence-electron chi connectivity index (χ4n) is 1.78. The summed E-state index contributed by atoms with van der Waals surface area (Å²) in [5.74, 6) is 0.885. The van der Waals surface area contributed by atoms with Gasteiger partial charge in [0.15, 0.2) is 9.84 Å². The first kappa shape index (κ1) is 16.0. The summed E-state index contributed by atoms with van der Waals surface area (Å²) >= 11 is 0. The molecule has 5 heteroatoms. The highest BCUT2D eigenvalue weighted by atomic mass is 32.2. The van der Waals surface area contributed by atoms with Crippen LogP contribution in [0.1, 0.15) is 32.4 Å². The number of hydrogen-bond acceptors (Lipinski definition) is 4. The van der Waals surface area contributed by atoms with Gasteiger partial charge in [-0.2, -0.15) is 0 Å². The first-order valence-corrected chi connectivity index (χ1v) is 8.21.